The average molecular weight is 329 g/mol. The number of hydrogen-bond donors (Lipinski definition) is 1. The second-order valence-electron chi connectivity index (χ2n) is 6.12. The normalized spacial score (nSPS) is 11.0. The third kappa shape index (κ3) is 3.21. The van der Waals surface area contributed by atoms with Crippen molar-refractivity contribution in [2.75, 3.05) is 5.32 Å². The summed E-state index contributed by atoms with van der Waals surface area (Å²) in [6.07, 6.45) is 0.688. The van der Waals surface area contributed by atoms with Crippen LogP contribution in [0.25, 0.3) is 5.78 Å². The summed E-state index contributed by atoms with van der Waals surface area (Å²) in [4.78, 5) is 9.11. The van der Waals surface area contributed by atoms with E-state index < -0.39 is 0 Å². The molecule has 0 amide bonds. The Labute approximate surface area is 146 Å². The van der Waals surface area contributed by atoms with Gasteiger partial charge in [-0.2, -0.15) is 9.50 Å². The van der Waals surface area contributed by atoms with Crippen LogP contribution < -0.4 is 5.32 Å². The van der Waals surface area contributed by atoms with E-state index in [1.54, 1.807) is 4.52 Å². The van der Waals surface area contributed by atoms with Crippen LogP contribution in [-0.4, -0.2) is 19.6 Å². The second kappa shape index (κ2) is 6.36. The minimum Gasteiger partial charge on any atom is -0.340 e. The van der Waals surface area contributed by atoms with E-state index in [4.69, 9.17) is 0 Å². The van der Waals surface area contributed by atoms with Gasteiger partial charge in [-0.05, 0) is 31.0 Å². The molecule has 0 bridgehead atoms. The summed E-state index contributed by atoms with van der Waals surface area (Å²) in [6, 6.07) is 20.4. The number of hydrogen-bond acceptors (Lipinski definition) is 4. The lowest BCUT2D eigenvalue weighted by molar-refractivity contribution is 0.893. The molecule has 0 fully saturated rings. The highest BCUT2D eigenvalue weighted by molar-refractivity contribution is 5.62. The Hall–Kier alpha value is -3.21. The van der Waals surface area contributed by atoms with Gasteiger partial charge in [0.05, 0.1) is 0 Å². The Morgan fingerprint density at radius 2 is 1.68 bits per heavy atom. The van der Waals surface area contributed by atoms with Crippen molar-refractivity contribution >= 4 is 17.3 Å². The number of aryl methyl sites for hydroxylation is 2. The molecule has 4 aromatic rings. The van der Waals surface area contributed by atoms with Crippen LogP contribution in [0.4, 0.5) is 11.5 Å². The Balaban J connectivity index is 1.73. The van der Waals surface area contributed by atoms with Crippen molar-refractivity contribution < 1.29 is 0 Å². The number of benzene rings is 2. The Bertz CT molecular complexity index is 1020. The van der Waals surface area contributed by atoms with Gasteiger partial charge in [-0.25, -0.2) is 4.98 Å². The standard InChI is InChI=1S/C20H19N5/c1-14-8-6-7-11-17(14)22-19-12-15(2)21-20-23-18(24-25(19)20)13-16-9-4-3-5-10-16/h3-12,22H,13H2,1-2H3. The van der Waals surface area contributed by atoms with E-state index in [1.165, 1.54) is 11.1 Å². The summed E-state index contributed by atoms with van der Waals surface area (Å²) in [5.41, 5.74) is 4.31. The largest absolute Gasteiger partial charge is 0.340 e. The molecule has 0 spiro atoms. The summed E-state index contributed by atoms with van der Waals surface area (Å²) in [7, 11) is 0. The summed E-state index contributed by atoms with van der Waals surface area (Å²) < 4.78 is 1.78. The summed E-state index contributed by atoms with van der Waals surface area (Å²) in [5, 5.41) is 8.11. The first-order chi connectivity index (χ1) is 12.2. The molecule has 0 radical (unpaired) electrons. The Morgan fingerprint density at radius 1 is 0.920 bits per heavy atom. The molecule has 0 unspecified atom stereocenters. The molecule has 0 atom stereocenters. The molecule has 5 heteroatoms. The fraction of sp³-hybridized carbons (Fsp3) is 0.150. The maximum absolute atomic E-state index is 4.66. The van der Waals surface area contributed by atoms with E-state index in [0.717, 1.165) is 23.0 Å². The van der Waals surface area contributed by atoms with Crippen LogP contribution in [0, 0.1) is 13.8 Å². The highest BCUT2D eigenvalue weighted by Crippen LogP contribution is 2.21. The summed E-state index contributed by atoms with van der Waals surface area (Å²) >= 11 is 0. The predicted molar refractivity (Wildman–Crippen MR) is 99.2 cm³/mol. The van der Waals surface area contributed by atoms with Gasteiger partial charge >= 0.3 is 0 Å². The highest BCUT2D eigenvalue weighted by atomic mass is 15.4. The number of aromatic nitrogens is 4. The third-order valence-corrected chi connectivity index (χ3v) is 4.10. The van der Waals surface area contributed by atoms with Crippen LogP contribution in [-0.2, 0) is 6.42 Å². The van der Waals surface area contributed by atoms with E-state index >= 15 is 0 Å². The van der Waals surface area contributed by atoms with E-state index in [-0.39, 0.29) is 0 Å². The number of anilines is 2. The molecule has 0 aliphatic heterocycles. The van der Waals surface area contributed by atoms with Gasteiger partial charge in [0.15, 0.2) is 5.82 Å². The lowest BCUT2D eigenvalue weighted by Gasteiger charge is -2.10. The fourth-order valence-corrected chi connectivity index (χ4v) is 2.82. The van der Waals surface area contributed by atoms with Crippen LogP contribution in [0.5, 0.6) is 0 Å². The number of nitrogens with zero attached hydrogens (tertiary/aromatic N) is 4. The van der Waals surface area contributed by atoms with E-state index in [9.17, 15) is 0 Å². The monoisotopic (exact) mass is 329 g/mol. The molecule has 5 nitrogen and oxygen atoms in total. The predicted octanol–water partition coefficient (Wildman–Crippen LogP) is 4.08. The van der Waals surface area contributed by atoms with Crippen LogP contribution in [0.1, 0.15) is 22.6 Å². The van der Waals surface area contributed by atoms with Gasteiger partial charge in [0.1, 0.15) is 5.82 Å². The quantitative estimate of drug-likeness (QED) is 0.613. The van der Waals surface area contributed by atoms with E-state index in [2.05, 4.69) is 51.6 Å². The zero-order valence-corrected chi connectivity index (χ0v) is 14.3. The van der Waals surface area contributed by atoms with Crippen molar-refractivity contribution in [2.45, 2.75) is 20.3 Å². The minimum atomic E-state index is 0.613. The van der Waals surface area contributed by atoms with Crippen molar-refractivity contribution in [3.05, 3.63) is 83.3 Å². The average Bonchev–Trinajstić information content (AvgIpc) is 3.00. The maximum Gasteiger partial charge on any atom is 0.254 e. The number of rotatable bonds is 4. The van der Waals surface area contributed by atoms with Gasteiger partial charge in [-0.3, -0.25) is 0 Å². The molecule has 4 rings (SSSR count). The Morgan fingerprint density at radius 3 is 2.48 bits per heavy atom. The first-order valence-electron chi connectivity index (χ1n) is 8.29. The number of nitrogens with one attached hydrogen (secondary N) is 1. The van der Waals surface area contributed by atoms with Gasteiger partial charge in [0.2, 0.25) is 0 Å². The maximum atomic E-state index is 4.66. The zero-order chi connectivity index (χ0) is 17.2. The lowest BCUT2D eigenvalue weighted by Crippen LogP contribution is -2.03. The van der Waals surface area contributed by atoms with Crippen molar-refractivity contribution in [1.82, 2.24) is 19.6 Å². The van der Waals surface area contributed by atoms with Gasteiger partial charge in [-0.1, -0.05) is 48.5 Å². The molecular weight excluding hydrogens is 310 g/mol. The van der Waals surface area contributed by atoms with Gasteiger partial charge in [-0.15, -0.1) is 5.10 Å². The zero-order valence-electron chi connectivity index (χ0n) is 14.3. The van der Waals surface area contributed by atoms with Gasteiger partial charge in [0.25, 0.3) is 5.78 Å². The van der Waals surface area contributed by atoms with Crippen molar-refractivity contribution in [2.24, 2.45) is 0 Å². The van der Waals surface area contributed by atoms with Gasteiger partial charge in [0, 0.05) is 23.9 Å². The molecule has 2 aromatic heterocycles. The molecule has 0 aliphatic carbocycles. The van der Waals surface area contributed by atoms with E-state index in [0.29, 0.717) is 12.2 Å². The highest BCUT2D eigenvalue weighted by Gasteiger charge is 2.11. The third-order valence-electron chi connectivity index (χ3n) is 4.10. The number of para-hydroxylation sites is 1. The molecule has 124 valence electrons. The SMILES string of the molecule is Cc1cc(Nc2ccccc2C)n2nc(Cc3ccccc3)nc2n1. The Kier molecular flexibility index (Phi) is 3.90. The molecule has 2 aromatic carbocycles. The molecule has 0 aliphatic rings. The van der Waals surface area contributed by atoms with Crippen LogP contribution in [0.15, 0.2) is 60.7 Å². The first-order valence-corrected chi connectivity index (χ1v) is 8.29. The van der Waals surface area contributed by atoms with E-state index in [1.807, 2.05) is 43.3 Å². The summed E-state index contributed by atoms with van der Waals surface area (Å²) in [5.74, 6) is 2.24. The van der Waals surface area contributed by atoms with Crippen molar-refractivity contribution in [3.8, 4) is 0 Å². The molecule has 0 saturated heterocycles. The van der Waals surface area contributed by atoms with Crippen molar-refractivity contribution in [3.63, 3.8) is 0 Å². The number of fused-ring (bicyclic) bond motifs is 1. The molecule has 1 N–H and O–H groups in total. The minimum absolute atomic E-state index is 0.613. The molecular formula is C20H19N5. The molecule has 0 saturated carbocycles. The molecule has 2 heterocycles. The van der Waals surface area contributed by atoms with Gasteiger partial charge < -0.3 is 5.32 Å². The van der Waals surface area contributed by atoms with Crippen LogP contribution in [0.3, 0.4) is 0 Å². The topological polar surface area (TPSA) is 55.1 Å². The molecule has 25 heavy (non-hydrogen) atoms. The summed E-state index contributed by atoms with van der Waals surface area (Å²) in [6.45, 7) is 4.05. The van der Waals surface area contributed by atoms with Crippen LogP contribution in [0.2, 0.25) is 0 Å². The van der Waals surface area contributed by atoms with Crippen LogP contribution >= 0.6 is 0 Å². The lowest BCUT2D eigenvalue weighted by atomic mass is 10.1. The van der Waals surface area contributed by atoms with Crippen molar-refractivity contribution in [1.29, 1.82) is 0 Å². The smallest absolute Gasteiger partial charge is 0.254 e. The fourth-order valence-electron chi connectivity index (χ4n) is 2.82. The first kappa shape index (κ1) is 15.3. The second-order valence-corrected chi connectivity index (χ2v) is 6.12.